The van der Waals surface area contributed by atoms with Crippen molar-refractivity contribution in [1.29, 1.82) is 5.26 Å². The SMILES string of the molecule is Cc1cc(NCC(C)(C)C(C)C)c(C#N)c(C)n1. The Bertz CT molecular complexity index is 467. The highest BCUT2D eigenvalue weighted by atomic mass is 14.9. The van der Waals surface area contributed by atoms with Crippen LogP contribution in [0.1, 0.15) is 44.6 Å². The van der Waals surface area contributed by atoms with Gasteiger partial charge in [-0.3, -0.25) is 4.98 Å². The molecule has 0 atom stereocenters. The van der Waals surface area contributed by atoms with Crippen molar-refractivity contribution in [3.8, 4) is 6.07 Å². The lowest BCUT2D eigenvalue weighted by Gasteiger charge is -2.30. The Morgan fingerprint density at radius 1 is 1.39 bits per heavy atom. The third-order valence-corrected chi connectivity index (χ3v) is 3.74. The molecule has 1 aromatic heterocycles. The molecule has 0 spiro atoms. The average molecular weight is 245 g/mol. The van der Waals surface area contributed by atoms with E-state index in [1.54, 1.807) is 0 Å². The van der Waals surface area contributed by atoms with Crippen LogP contribution in [0.15, 0.2) is 6.07 Å². The molecule has 1 rings (SSSR count). The molecule has 0 aromatic carbocycles. The summed E-state index contributed by atoms with van der Waals surface area (Å²) in [5.74, 6) is 0.583. The third-order valence-electron chi connectivity index (χ3n) is 3.74. The molecule has 0 saturated heterocycles. The molecule has 3 heteroatoms. The van der Waals surface area contributed by atoms with Crippen LogP contribution in [0, 0.1) is 36.5 Å². The second-order valence-electron chi connectivity index (χ2n) is 5.88. The smallest absolute Gasteiger partial charge is 0.103 e. The van der Waals surface area contributed by atoms with Gasteiger partial charge in [0.1, 0.15) is 6.07 Å². The molecule has 0 unspecified atom stereocenters. The minimum absolute atomic E-state index is 0.192. The Labute approximate surface area is 110 Å². The zero-order chi connectivity index (χ0) is 13.9. The number of aromatic nitrogens is 1. The minimum Gasteiger partial charge on any atom is -0.383 e. The lowest BCUT2D eigenvalue weighted by molar-refractivity contribution is 0.269. The lowest BCUT2D eigenvalue weighted by Crippen LogP contribution is -2.28. The van der Waals surface area contributed by atoms with Crippen LogP contribution in [-0.4, -0.2) is 11.5 Å². The van der Waals surface area contributed by atoms with Gasteiger partial charge < -0.3 is 5.32 Å². The zero-order valence-corrected chi connectivity index (χ0v) is 12.3. The Hall–Kier alpha value is -1.56. The van der Waals surface area contributed by atoms with Gasteiger partial charge in [0.2, 0.25) is 0 Å². The second-order valence-corrected chi connectivity index (χ2v) is 5.88. The van der Waals surface area contributed by atoms with Crippen molar-refractivity contribution in [1.82, 2.24) is 4.98 Å². The predicted molar refractivity (Wildman–Crippen MR) is 75.5 cm³/mol. The molecule has 0 radical (unpaired) electrons. The number of nitriles is 1. The van der Waals surface area contributed by atoms with Crippen LogP contribution in [0.3, 0.4) is 0 Å². The van der Waals surface area contributed by atoms with Crippen molar-refractivity contribution < 1.29 is 0 Å². The number of nitrogens with zero attached hydrogens (tertiary/aromatic N) is 2. The van der Waals surface area contributed by atoms with Crippen LogP contribution in [0.4, 0.5) is 5.69 Å². The molecular formula is C15H23N3. The van der Waals surface area contributed by atoms with Crippen molar-refractivity contribution in [2.75, 3.05) is 11.9 Å². The van der Waals surface area contributed by atoms with E-state index in [-0.39, 0.29) is 5.41 Å². The van der Waals surface area contributed by atoms with E-state index in [1.165, 1.54) is 0 Å². The van der Waals surface area contributed by atoms with Gasteiger partial charge in [0.25, 0.3) is 0 Å². The van der Waals surface area contributed by atoms with Gasteiger partial charge in [-0.1, -0.05) is 27.7 Å². The Kier molecular flexibility index (Phi) is 4.34. The normalized spacial score (nSPS) is 11.4. The summed E-state index contributed by atoms with van der Waals surface area (Å²) in [5, 5.41) is 12.6. The van der Waals surface area contributed by atoms with Gasteiger partial charge in [0.05, 0.1) is 16.9 Å². The molecule has 3 nitrogen and oxygen atoms in total. The number of pyridine rings is 1. The monoisotopic (exact) mass is 245 g/mol. The van der Waals surface area contributed by atoms with E-state index in [2.05, 4.69) is 44.1 Å². The van der Waals surface area contributed by atoms with E-state index in [9.17, 15) is 5.26 Å². The highest BCUT2D eigenvalue weighted by Crippen LogP contribution is 2.27. The maximum Gasteiger partial charge on any atom is 0.103 e. The average Bonchev–Trinajstić information content (AvgIpc) is 2.25. The molecule has 1 aromatic rings. The fourth-order valence-electron chi connectivity index (χ4n) is 1.64. The van der Waals surface area contributed by atoms with E-state index >= 15 is 0 Å². The molecule has 0 fully saturated rings. The summed E-state index contributed by atoms with van der Waals surface area (Å²) < 4.78 is 0. The molecule has 0 aliphatic carbocycles. The number of anilines is 1. The van der Waals surface area contributed by atoms with Crippen LogP contribution < -0.4 is 5.32 Å². The zero-order valence-electron chi connectivity index (χ0n) is 12.3. The first-order chi connectivity index (χ1) is 8.27. The highest BCUT2D eigenvalue weighted by molar-refractivity contribution is 5.59. The summed E-state index contributed by atoms with van der Waals surface area (Å²) in [6, 6.07) is 4.18. The van der Waals surface area contributed by atoms with Gasteiger partial charge in [0, 0.05) is 12.2 Å². The number of hydrogen-bond donors (Lipinski definition) is 1. The summed E-state index contributed by atoms with van der Waals surface area (Å²) in [6.07, 6.45) is 0. The van der Waals surface area contributed by atoms with Gasteiger partial charge in [-0.25, -0.2) is 0 Å². The van der Waals surface area contributed by atoms with Crippen LogP contribution in [-0.2, 0) is 0 Å². The van der Waals surface area contributed by atoms with Crippen molar-refractivity contribution in [2.45, 2.75) is 41.5 Å². The predicted octanol–water partition coefficient (Wildman–Crippen LogP) is 3.66. The first-order valence-electron chi connectivity index (χ1n) is 6.40. The van der Waals surface area contributed by atoms with E-state index in [0.29, 0.717) is 11.5 Å². The summed E-state index contributed by atoms with van der Waals surface area (Å²) in [5.41, 5.74) is 3.48. The minimum atomic E-state index is 0.192. The van der Waals surface area contributed by atoms with Gasteiger partial charge in [0.15, 0.2) is 0 Å². The largest absolute Gasteiger partial charge is 0.383 e. The topological polar surface area (TPSA) is 48.7 Å². The lowest BCUT2D eigenvalue weighted by atomic mass is 9.81. The standard InChI is InChI=1S/C15H23N3/c1-10(2)15(5,6)9-17-14-7-11(3)18-12(4)13(14)8-16/h7,10H,9H2,1-6H3,(H,17,18). The summed E-state index contributed by atoms with van der Waals surface area (Å²) in [7, 11) is 0. The molecular weight excluding hydrogens is 222 g/mol. The fourth-order valence-corrected chi connectivity index (χ4v) is 1.64. The van der Waals surface area contributed by atoms with Gasteiger partial charge in [-0.15, -0.1) is 0 Å². The molecule has 0 bridgehead atoms. The van der Waals surface area contributed by atoms with E-state index in [1.807, 2.05) is 19.9 Å². The van der Waals surface area contributed by atoms with Crippen LogP contribution in [0.2, 0.25) is 0 Å². The van der Waals surface area contributed by atoms with Crippen LogP contribution in [0.5, 0.6) is 0 Å². The van der Waals surface area contributed by atoms with Crippen molar-refractivity contribution in [3.63, 3.8) is 0 Å². The van der Waals surface area contributed by atoms with Crippen molar-refractivity contribution in [3.05, 3.63) is 23.0 Å². The Morgan fingerprint density at radius 2 is 2.00 bits per heavy atom. The van der Waals surface area contributed by atoms with Crippen molar-refractivity contribution >= 4 is 5.69 Å². The fraction of sp³-hybridized carbons (Fsp3) is 0.600. The van der Waals surface area contributed by atoms with Gasteiger partial charge >= 0.3 is 0 Å². The van der Waals surface area contributed by atoms with E-state index in [4.69, 9.17) is 0 Å². The molecule has 0 aliphatic rings. The Balaban J connectivity index is 2.96. The molecule has 98 valence electrons. The maximum absolute atomic E-state index is 9.20. The van der Waals surface area contributed by atoms with Gasteiger partial charge in [-0.2, -0.15) is 5.26 Å². The summed E-state index contributed by atoms with van der Waals surface area (Å²) in [6.45, 7) is 13.6. The second kappa shape index (κ2) is 5.39. The molecule has 1 heterocycles. The van der Waals surface area contributed by atoms with E-state index in [0.717, 1.165) is 23.6 Å². The summed E-state index contributed by atoms with van der Waals surface area (Å²) in [4.78, 5) is 4.32. The van der Waals surface area contributed by atoms with Crippen molar-refractivity contribution in [2.24, 2.45) is 11.3 Å². The number of nitrogens with one attached hydrogen (secondary N) is 1. The highest BCUT2D eigenvalue weighted by Gasteiger charge is 2.22. The molecule has 0 amide bonds. The first-order valence-corrected chi connectivity index (χ1v) is 6.40. The number of hydrogen-bond acceptors (Lipinski definition) is 3. The van der Waals surface area contributed by atoms with Crippen LogP contribution in [0.25, 0.3) is 0 Å². The summed E-state index contributed by atoms with van der Waals surface area (Å²) >= 11 is 0. The molecule has 0 aliphatic heterocycles. The Morgan fingerprint density at radius 3 is 2.50 bits per heavy atom. The van der Waals surface area contributed by atoms with Gasteiger partial charge in [-0.05, 0) is 31.2 Å². The molecule has 18 heavy (non-hydrogen) atoms. The maximum atomic E-state index is 9.20. The quantitative estimate of drug-likeness (QED) is 0.880. The number of aryl methyl sites for hydroxylation is 2. The third kappa shape index (κ3) is 3.22. The molecule has 0 saturated carbocycles. The molecule has 1 N–H and O–H groups in total. The van der Waals surface area contributed by atoms with E-state index < -0.39 is 0 Å². The number of rotatable bonds is 4. The van der Waals surface area contributed by atoms with Crippen LogP contribution >= 0.6 is 0 Å². The first kappa shape index (κ1) is 14.5.